The summed E-state index contributed by atoms with van der Waals surface area (Å²) >= 11 is 0. The first kappa shape index (κ1) is 20.2. The van der Waals surface area contributed by atoms with E-state index in [1.165, 1.54) is 48.5 Å². The van der Waals surface area contributed by atoms with Crippen molar-refractivity contribution in [1.29, 1.82) is 0 Å². The van der Waals surface area contributed by atoms with Gasteiger partial charge in [-0.3, -0.25) is 24.6 Å². The number of Topliss-reactive ketones (excluding diaryl/α,β-unsaturated/α-hetero) is 1. The molecule has 0 unspecified atom stereocenters. The molecule has 10 nitrogen and oxygen atoms in total. The highest BCUT2D eigenvalue weighted by Crippen LogP contribution is 2.41. The van der Waals surface area contributed by atoms with E-state index >= 15 is 0 Å². The standard InChI is InChI=1S/C18H15N3O7S/c1-10(22)15-16(11-3-2-4-13(9-11)21(25)26)20(18(24)17(15)23)12-5-7-14(8-6-12)29(19,27)28/h2-9,16,23H,1H3,(H2,19,27,28)/t16-/m1/s1. The predicted molar refractivity (Wildman–Crippen MR) is 101 cm³/mol. The van der Waals surface area contributed by atoms with Crippen molar-refractivity contribution in [2.75, 3.05) is 4.90 Å². The number of hydrogen-bond donors (Lipinski definition) is 2. The van der Waals surface area contributed by atoms with Gasteiger partial charge in [0.25, 0.3) is 11.6 Å². The van der Waals surface area contributed by atoms with Crippen LogP contribution in [0.25, 0.3) is 0 Å². The smallest absolute Gasteiger partial charge is 0.294 e. The SMILES string of the molecule is CC(=O)C1=C(O)C(=O)N(c2ccc(S(N)(=O)=O)cc2)[C@@H]1c1cccc([N+](=O)[O-])c1. The third-order valence-electron chi connectivity index (χ3n) is 4.43. The number of ketones is 1. The van der Waals surface area contributed by atoms with Crippen LogP contribution in [0.15, 0.2) is 64.8 Å². The van der Waals surface area contributed by atoms with Crippen LogP contribution in [-0.4, -0.2) is 30.1 Å². The Bertz CT molecular complexity index is 1170. The second-order valence-electron chi connectivity index (χ2n) is 6.29. The lowest BCUT2D eigenvalue weighted by Crippen LogP contribution is -2.31. The van der Waals surface area contributed by atoms with Crippen molar-refractivity contribution in [3.8, 4) is 0 Å². The van der Waals surface area contributed by atoms with Gasteiger partial charge in [0.05, 0.1) is 21.4 Å². The number of aliphatic hydroxyl groups excluding tert-OH is 1. The molecule has 0 fully saturated rings. The molecule has 0 spiro atoms. The van der Waals surface area contributed by atoms with Crippen LogP contribution in [0.2, 0.25) is 0 Å². The zero-order chi connectivity index (χ0) is 21.5. The van der Waals surface area contributed by atoms with E-state index < -0.39 is 38.4 Å². The fraction of sp³-hybridized carbons (Fsp3) is 0.111. The maximum absolute atomic E-state index is 12.7. The van der Waals surface area contributed by atoms with Gasteiger partial charge in [-0.25, -0.2) is 13.6 Å². The molecule has 0 bridgehead atoms. The summed E-state index contributed by atoms with van der Waals surface area (Å²) in [5.74, 6) is -2.25. The van der Waals surface area contributed by atoms with Crippen LogP contribution in [0.4, 0.5) is 11.4 Å². The van der Waals surface area contributed by atoms with Gasteiger partial charge in [-0.2, -0.15) is 0 Å². The first-order valence-electron chi connectivity index (χ1n) is 8.17. The highest BCUT2D eigenvalue weighted by molar-refractivity contribution is 7.89. The molecule has 1 atom stereocenters. The topological polar surface area (TPSA) is 161 Å². The van der Waals surface area contributed by atoms with E-state index in [1.807, 2.05) is 0 Å². The maximum Gasteiger partial charge on any atom is 0.294 e. The predicted octanol–water partition coefficient (Wildman–Crippen LogP) is 1.73. The molecule has 1 aliphatic heterocycles. The molecule has 11 heteroatoms. The van der Waals surface area contributed by atoms with E-state index in [0.717, 1.165) is 11.8 Å². The molecule has 0 radical (unpaired) electrons. The molecule has 0 aromatic heterocycles. The second-order valence-corrected chi connectivity index (χ2v) is 7.85. The lowest BCUT2D eigenvalue weighted by molar-refractivity contribution is -0.384. The van der Waals surface area contributed by atoms with E-state index in [-0.39, 0.29) is 27.4 Å². The monoisotopic (exact) mass is 417 g/mol. The minimum Gasteiger partial charge on any atom is -0.503 e. The number of nitro benzene ring substituents is 1. The molecule has 3 rings (SSSR count). The lowest BCUT2D eigenvalue weighted by Gasteiger charge is -2.26. The molecule has 150 valence electrons. The minimum atomic E-state index is -3.96. The van der Waals surface area contributed by atoms with Gasteiger partial charge >= 0.3 is 0 Å². The van der Waals surface area contributed by atoms with Gasteiger partial charge in [0.2, 0.25) is 10.0 Å². The van der Waals surface area contributed by atoms with E-state index in [9.17, 15) is 33.2 Å². The Morgan fingerprint density at radius 1 is 1.21 bits per heavy atom. The third-order valence-corrected chi connectivity index (χ3v) is 5.36. The number of sulfonamides is 1. The molecule has 0 saturated carbocycles. The lowest BCUT2D eigenvalue weighted by atomic mass is 9.96. The van der Waals surface area contributed by atoms with Crippen molar-refractivity contribution in [3.05, 3.63) is 75.5 Å². The number of carbonyl (C=O) groups excluding carboxylic acids is 2. The zero-order valence-electron chi connectivity index (χ0n) is 15.0. The molecular weight excluding hydrogens is 402 g/mol. The Labute approximate surface area is 165 Å². The first-order valence-corrected chi connectivity index (χ1v) is 9.72. The van der Waals surface area contributed by atoms with Crippen molar-refractivity contribution in [2.24, 2.45) is 5.14 Å². The second kappa shape index (κ2) is 7.11. The van der Waals surface area contributed by atoms with Crippen LogP contribution in [0, 0.1) is 10.1 Å². The average Bonchev–Trinajstić information content (AvgIpc) is 2.92. The van der Waals surface area contributed by atoms with Crippen molar-refractivity contribution in [3.63, 3.8) is 0 Å². The molecule has 1 amide bonds. The number of nitrogens with zero attached hydrogens (tertiary/aromatic N) is 2. The number of anilines is 1. The van der Waals surface area contributed by atoms with Gasteiger partial charge in [0, 0.05) is 17.8 Å². The number of amides is 1. The van der Waals surface area contributed by atoms with E-state index in [4.69, 9.17) is 5.14 Å². The molecule has 29 heavy (non-hydrogen) atoms. The fourth-order valence-corrected chi connectivity index (χ4v) is 3.67. The molecule has 0 saturated heterocycles. The summed E-state index contributed by atoms with van der Waals surface area (Å²) in [5, 5.41) is 26.5. The van der Waals surface area contributed by atoms with Crippen LogP contribution >= 0.6 is 0 Å². The highest BCUT2D eigenvalue weighted by Gasteiger charge is 2.43. The number of carbonyl (C=O) groups is 2. The van der Waals surface area contributed by atoms with Gasteiger partial charge in [-0.05, 0) is 36.8 Å². The third kappa shape index (κ3) is 3.60. The van der Waals surface area contributed by atoms with Crippen LogP contribution in [0.5, 0.6) is 0 Å². The molecular formula is C18H15N3O7S. The molecule has 3 N–H and O–H groups in total. The van der Waals surface area contributed by atoms with Gasteiger partial charge in [0.1, 0.15) is 0 Å². The van der Waals surface area contributed by atoms with Crippen molar-refractivity contribution in [2.45, 2.75) is 17.9 Å². The quantitative estimate of drug-likeness (QED) is 0.553. The Morgan fingerprint density at radius 2 is 1.83 bits per heavy atom. The summed E-state index contributed by atoms with van der Waals surface area (Å²) in [6.45, 7) is 1.16. The number of nitrogens with two attached hydrogens (primary N) is 1. The van der Waals surface area contributed by atoms with Crippen LogP contribution in [0.3, 0.4) is 0 Å². The van der Waals surface area contributed by atoms with E-state index in [2.05, 4.69) is 0 Å². The normalized spacial score (nSPS) is 17.0. The van der Waals surface area contributed by atoms with Crippen molar-refractivity contribution < 1.29 is 28.0 Å². The number of primary sulfonamides is 1. The minimum absolute atomic E-state index is 0.168. The van der Waals surface area contributed by atoms with E-state index in [1.54, 1.807) is 0 Å². The highest BCUT2D eigenvalue weighted by atomic mass is 32.2. The first-order chi connectivity index (χ1) is 13.5. The Balaban J connectivity index is 2.17. The summed E-state index contributed by atoms with van der Waals surface area (Å²) in [6, 6.07) is 9.13. The summed E-state index contributed by atoms with van der Waals surface area (Å²) < 4.78 is 22.9. The number of hydrogen-bond acceptors (Lipinski definition) is 7. The number of non-ortho nitro benzene ring substituents is 1. The van der Waals surface area contributed by atoms with Gasteiger partial charge in [0.15, 0.2) is 11.5 Å². The van der Waals surface area contributed by atoms with Crippen molar-refractivity contribution >= 4 is 33.1 Å². The van der Waals surface area contributed by atoms with Crippen LogP contribution < -0.4 is 10.0 Å². The number of aliphatic hydroxyl groups is 1. The molecule has 1 heterocycles. The van der Waals surface area contributed by atoms with Crippen LogP contribution in [0.1, 0.15) is 18.5 Å². The average molecular weight is 417 g/mol. The fourth-order valence-electron chi connectivity index (χ4n) is 3.15. The number of rotatable bonds is 5. The van der Waals surface area contributed by atoms with Gasteiger partial charge < -0.3 is 5.11 Å². The Morgan fingerprint density at radius 3 is 2.34 bits per heavy atom. The summed E-state index contributed by atoms with van der Waals surface area (Å²) in [7, 11) is -3.96. The summed E-state index contributed by atoms with van der Waals surface area (Å²) in [5.41, 5.74) is -0.0705. The van der Waals surface area contributed by atoms with Gasteiger partial charge in [-0.1, -0.05) is 12.1 Å². The Hall–Kier alpha value is -3.57. The summed E-state index contributed by atoms with van der Waals surface area (Å²) in [4.78, 5) is 36.2. The summed E-state index contributed by atoms with van der Waals surface area (Å²) in [6.07, 6.45) is 0. The number of benzene rings is 2. The zero-order valence-corrected chi connectivity index (χ0v) is 15.8. The molecule has 2 aromatic rings. The largest absolute Gasteiger partial charge is 0.503 e. The molecule has 2 aromatic carbocycles. The van der Waals surface area contributed by atoms with Crippen LogP contribution in [-0.2, 0) is 19.6 Å². The maximum atomic E-state index is 12.7. The molecule has 1 aliphatic rings. The van der Waals surface area contributed by atoms with Crippen molar-refractivity contribution in [1.82, 2.24) is 0 Å². The Kier molecular flexibility index (Phi) is 4.95. The number of nitro groups is 1. The molecule has 0 aliphatic carbocycles. The van der Waals surface area contributed by atoms with Gasteiger partial charge in [-0.15, -0.1) is 0 Å². The van der Waals surface area contributed by atoms with E-state index in [0.29, 0.717) is 0 Å².